The molecule has 0 radical (unpaired) electrons. The smallest absolute Gasteiger partial charge is 0.0711 e. The Morgan fingerprint density at radius 1 is 1.06 bits per heavy atom. The molecular weight excluding hydrogens is 234 g/mol. The second-order valence-electron chi connectivity index (χ2n) is 3.71. The van der Waals surface area contributed by atoms with E-state index in [9.17, 15) is 0 Å². The summed E-state index contributed by atoms with van der Waals surface area (Å²) in [7, 11) is 0. The van der Waals surface area contributed by atoms with Gasteiger partial charge in [0.15, 0.2) is 0 Å². The normalized spacial score (nSPS) is 10.6. The third-order valence-corrected chi connectivity index (χ3v) is 2.89. The van der Waals surface area contributed by atoms with E-state index < -0.39 is 0 Å². The van der Waals surface area contributed by atoms with Crippen molar-refractivity contribution in [3.8, 4) is 0 Å². The SMILES string of the molecule is Clc1cn(Nc2ccncc2)c2ccccc12. The maximum atomic E-state index is 6.17. The van der Waals surface area contributed by atoms with Gasteiger partial charge in [0.1, 0.15) is 0 Å². The molecule has 3 nitrogen and oxygen atoms in total. The van der Waals surface area contributed by atoms with Gasteiger partial charge in [0.2, 0.25) is 0 Å². The molecule has 2 aromatic heterocycles. The molecule has 17 heavy (non-hydrogen) atoms. The van der Waals surface area contributed by atoms with Gasteiger partial charge in [-0.1, -0.05) is 29.8 Å². The van der Waals surface area contributed by atoms with Crippen LogP contribution in [0.4, 0.5) is 5.69 Å². The number of aromatic nitrogens is 2. The monoisotopic (exact) mass is 243 g/mol. The molecule has 0 atom stereocenters. The second-order valence-corrected chi connectivity index (χ2v) is 4.12. The predicted molar refractivity (Wildman–Crippen MR) is 70.2 cm³/mol. The summed E-state index contributed by atoms with van der Waals surface area (Å²) in [5.41, 5.74) is 5.28. The van der Waals surface area contributed by atoms with Crippen LogP contribution in [0.15, 0.2) is 55.0 Å². The summed E-state index contributed by atoms with van der Waals surface area (Å²) in [6.45, 7) is 0. The maximum absolute atomic E-state index is 6.17. The number of rotatable bonds is 2. The highest BCUT2D eigenvalue weighted by Gasteiger charge is 2.05. The van der Waals surface area contributed by atoms with Crippen LogP contribution in [0.5, 0.6) is 0 Å². The Labute approximate surface area is 104 Å². The first-order valence-electron chi connectivity index (χ1n) is 5.27. The van der Waals surface area contributed by atoms with E-state index in [4.69, 9.17) is 11.6 Å². The summed E-state index contributed by atoms with van der Waals surface area (Å²) in [5, 5.41) is 1.78. The van der Waals surface area contributed by atoms with Crippen molar-refractivity contribution in [2.75, 3.05) is 5.43 Å². The fraction of sp³-hybridized carbons (Fsp3) is 0. The van der Waals surface area contributed by atoms with E-state index >= 15 is 0 Å². The molecule has 0 spiro atoms. The molecule has 0 aliphatic heterocycles. The minimum Gasteiger partial charge on any atom is -0.294 e. The van der Waals surface area contributed by atoms with Gasteiger partial charge in [-0.05, 0) is 18.2 Å². The third kappa shape index (κ3) is 1.85. The van der Waals surface area contributed by atoms with Crippen molar-refractivity contribution in [3.05, 3.63) is 60.0 Å². The molecule has 0 aliphatic carbocycles. The van der Waals surface area contributed by atoms with Crippen molar-refractivity contribution < 1.29 is 0 Å². The topological polar surface area (TPSA) is 29.9 Å². The summed E-state index contributed by atoms with van der Waals surface area (Å²) < 4.78 is 1.91. The maximum Gasteiger partial charge on any atom is 0.0711 e. The fourth-order valence-electron chi connectivity index (χ4n) is 1.80. The molecule has 3 rings (SSSR count). The van der Waals surface area contributed by atoms with Crippen LogP contribution in [0.3, 0.4) is 0 Å². The molecule has 3 aromatic rings. The van der Waals surface area contributed by atoms with Crippen LogP contribution in [0.25, 0.3) is 10.9 Å². The van der Waals surface area contributed by atoms with Crippen LogP contribution in [0.1, 0.15) is 0 Å². The van der Waals surface area contributed by atoms with Gasteiger partial charge >= 0.3 is 0 Å². The van der Waals surface area contributed by atoms with Crippen molar-refractivity contribution in [1.82, 2.24) is 9.66 Å². The Bertz CT molecular complexity index is 646. The standard InChI is InChI=1S/C13H10ClN3/c14-12-9-17(13-4-2-1-3-11(12)13)16-10-5-7-15-8-6-10/h1-9H,(H,15,16). The number of para-hydroxylation sites is 1. The van der Waals surface area contributed by atoms with Crippen LogP contribution < -0.4 is 5.43 Å². The Hall–Kier alpha value is -2.00. The molecule has 2 heterocycles. The van der Waals surface area contributed by atoms with Crippen LogP contribution in [0.2, 0.25) is 5.02 Å². The highest BCUT2D eigenvalue weighted by Crippen LogP contribution is 2.25. The number of pyridine rings is 1. The van der Waals surface area contributed by atoms with E-state index in [1.165, 1.54) is 0 Å². The van der Waals surface area contributed by atoms with Crippen LogP contribution in [0, 0.1) is 0 Å². The quantitative estimate of drug-likeness (QED) is 0.746. The molecule has 84 valence electrons. The molecule has 1 aromatic carbocycles. The van der Waals surface area contributed by atoms with Gasteiger partial charge in [-0.3, -0.25) is 15.1 Å². The Kier molecular flexibility index (Phi) is 2.46. The molecule has 0 bridgehead atoms. The lowest BCUT2D eigenvalue weighted by Crippen LogP contribution is -2.06. The summed E-state index contributed by atoms with van der Waals surface area (Å²) >= 11 is 6.17. The molecule has 4 heteroatoms. The number of benzene rings is 1. The molecule has 1 N–H and O–H groups in total. The van der Waals surface area contributed by atoms with Gasteiger partial charge in [0, 0.05) is 24.0 Å². The van der Waals surface area contributed by atoms with Crippen molar-refractivity contribution in [3.63, 3.8) is 0 Å². The number of fused-ring (bicyclic) bond motifs is 1. The van der Waals surface area contributed by atoms with E-state index in [1.807, 2.05) is 47.3 Å². The van der Waals surface area contributed by atoms with Gasteiger partial charge in [0.05, 0.1) is 16.2 Å². The molecule has 0 saturated carbocycles. The van der Waals surface area contributed by atoms with Crippen LogP contribution >= 0.6 is 11.6 Å². The van der Waals surface area contributed by atoms with E-state index in [-0.39, 0.29) is 0 Å². The lowest BCUT2D eigenvalue weighted by atomic mass is 10.2. The Morgan fingerprint density at radius 3 is 2.65 bits per heavy atom. The average Bonchev–Trinajstić information content (AvgIpc) is 2.69. The average molecular weight is 244 g/mol. The van der Waals surface area contributed by atoms with E-state index in [2.05, 4.69) is 10.4 Å². The van der Waals surface area contributed by atoms with Crippen LogP contribution in [-0.2, 0) is 0 Å². The highest BCUT2D eigenvalue weighted by molar-refractivity contribution is 6.35. The molecule has 0 aliphatic rings. The third-order valence-electron chi connectivity index (χ3n) is 2.59. The predicted octanol–water partition coefficient (Wildman–Crippen LogP) is 3.56. The molecule has 0 unspecified atom stereocenters. The van der Waals surface area contributed by atoms with Crippen LogP contribution in [-0.4, -0.2) is 9.66 Å². The van der Waals surface area contributed by atoms with E-state index in [1.54, 1.807) is 12.4 Å². The van der Waals surface area contributed by atoms with Gasteiger partial charge in [-0.25, -0.2) is 0 Å². The van der Waals surface area contributed by atoms with Crippen molar-refractivity contribution in [2.45, 2.75) is 0 Å². The number of anilines is 1. The van der Waals surface area contributed by atoms with Crippen molar-refractivity contribution in [1.29, 1.82) is 0 Å². The number of hydrogen-bond donors (Lipinski definition) is 1. The van der Waals surface area contributed by atoms with Crippen molar-refractivity contribution >= 4 is 28.2 Å². The highest BCUT2D eigenvalue weighted by atomic mass is 35.5. The van der Waals surface area contributed by atoms with Gasteiger partial charge in [-0.2, -0.15) is 0 Å². The first-order chi connectivity index (χ1) is 8.34. The first-order valence-corrected chi connectivity index (χ1v) is 5.65. The zero-order valence-electron chi connectivity index (χ0n) is 8.97. The molecule has 0 fully saturated rings. The summed E-state index contributed by atoms with van der Waals surface area (Å²) in [6, 6.07) is 11.8. The largest absolute Gasteiger partial charge is 0.294 e. The van der Waals surface area contributed by atoms with Gasteiger partial charge in [-0.15, -0.1) is 0 Å². The van der Waals surface area contributed by atoms with Gasteiger partial charge < -0.3 is 0 Å². The zero-order chi connectivity index (χ0) is 11.7. The molecule has 0 saturated heterocycles. The lowest BCUT2D eigenvalue weighted by molar-refractivity contribution is 1.01. The number of nitrogens with zero attached hydrogens (tertiary/aromatic N) is 2. The number of nitrogens with one attached hydrogen (secondary N) is 1. The fourth-order valence-corrected chi connectivity index (χ4v) is 2.05. The minimum absolute atomic E-state index is 0.738. The van der Waals surface area contributed by atoms with Gasteiger partial charge in [0.25, 0.3) is 0 Å². The number of halogens is 1. The zero-order valence-corrected chi connectivity index (χ0v) is 9.72. The Balaban J connectivity index is 2.07. The van der Waals surface area contributed by atoms with E-state index in [0.29, 0.717) is 0 Å². The lowest BCUT2D eigenvalue weighted by Gasteiger charge is -2.08. The summed E-state index contributed by atoms with van der Waals surface area (Å²) in [5.74, 6) is 0. The summed E-state index contributed by atoms with van der Waals surface area (Å²) in [6.07, 6.45) is 5.36. The van der Waals surface area contributed by atoms with Crippen molar-refractivity contribution in [2.24, 2.45) is 0 Å². The second kappa shape index (κ2) is 4.11. The minimum atomic E-state index is 0.738. The Morgan fingerprint density at radius 2 is 1.82 bits per heavy atom. The molecule has 0 amide bonds. The van der Waals surface area contributed by atoms with E-state index in [0.717, 1.165) is 21.6 Å². The summed E-state index contributed by atoms with van der Waals surface area (Å²) in [4.78, 5) is 3.98. The number of hydrogen-bond acceptors (Lipinski definition) is 2. The molecular formula is C13H10ClN3. The first kappa shape index (κ1) is 10.2.